The molecule has 2 heterocycles. The first-order valence-corrected chi connectivity index (χ1v) is 9.14. The molecule has 0 aliphatic carbocycles. The number of hydrogen-bond acceptors (Lipinski definition) is 4. The maximum absolute atomic E-state index is 12.6. The van der Waals surface area contributed by atoms with E-state index in [1.165, 1.54) is 11.8 Å². The fourth-order valence-electron chi connectivity index (χ4n) is 2.66. The van der Waals surface area contributed by atoms with Gasteiger partial charge in [0.2, 0.25) is 11.8 Å². The molecule has 2 amide bonds. The lowest BCUT2D eigenvalue weighted by Crippen LogP contribution is -2.57. The third kappa shape index (κ3) is 3.87. The van der Waals surface area contributed by atoms with Crippen molar-refractivity contribution >= 4 is 23.6 Å². The first kappa shape index (κ1) is 17.5. The van der Waals surface area contributed by atoms with Crippen LogP contribution in [-0.4, -0.2) is 50.1 Å². The molecule has 25 heavy (non-hydrogen) atoms. The number of nitrogens with zero attached hydrogens (tertiary/aromatic N) is 3. The molecule has 0 unspecified atom stereocenters. The molecule has 132 valence electrons. The van der Waals surface area contributed by atoms with Crippen LogP contribution in [0.15, 0.2) is 42.7 Å². The fourth-order valence-corrected chi connectivity index (χ4v) is 3.66. The van der Waals surface area contributed by atoms with Crippen LogP contribution in [-0.2, 0) is 16.1 Å². The Morgan fingerprint density at radius 3 is 2.72 bits per heavy atom. The van der Waals surface area contributed by atoms with E-state index in [1.807, 2.05) is 50.4 Å². The fraction of sp³-hybridized carbons (Fsp3) is 0.389. The number of carbonyl (C=O) groups is 2. The van der Waals surface area contributed by atoms with Crippen molar-refractivity contribution < 1.29 is 9.59 Å². The van der Waals surface area contributed by atoms with Crippen molar-refractivity contribution in [3.05, 3.63) is 48.3 Å². The lowest BCUT2D eigenvalue weighted by Gasteiger charge is -2.34. The smallest absolute Gasteiger partial charge is 0.246 e. The molecule has 6 nitrogen and oxygen atoms in total. The van der Waals surface area contributed by atoms with Crippen molar-refractivity contribution in [2.45, 2.75) is 31.2 Å². The summed E-state index contributed by atoms with van der Waals surface area (Å²) in [7, 11) is 1.76. The third-order valence-corrected chi connectivity index (χ3v) is 5.67. The molecule has 3 rings (SSSR count). The predicted molar refractivity (Wildman–Crippen MR) is 98.5 cm³/mol. The summed E-state index contributed by atoms with van der Waals surface area (Å²) in [6, 6.07) is 9.33. The van der Waals surface area contributed by atoms with Crippen LogP contribution >= 0.6 is 11.8 Å². The molecule has 0 radical (unpaired) electrons. The average Bonchev–Trinajstić information content (AvgIpc) is 3.12. The van der Waals surface area contributed by atoms with Gasteiger partial charge in [-0.1, -0.05) is 12.1 Å². The van der Waals surface area contributed by atoms with Crippen LogP contribution in [0.1, 0.15) is 19.4 Å². The van der Waals surface area contributed by atoms with E-state index in [0.29, 0.717) is 12.3 Å². The Hall–Kier alpha value is -2.28. The lowest BCUT2D eigenvalue weighted by molar-refractivity contribution is -0.136. The van der Waals surface area contributed by atoms with Crippen molar-refractivity contribution in [3.63, 3.8) is 0 Å². The van der Waals surface area contributed by atoms with Crippen LogP contribution in [0, 0.1) is 0 Å². The van der Waals surface area contributed by atoms with Gasteiger partial charge in [0.1, 0.15) is 6.04 Å². The van der Waals surface area contributed by atoms with Crippen LogP contribution in [0.25, 0.3) is 5.69 Å². The van der Waals surface area contributed by atoms with Crippen molar-refractivity contribution in [1.82, 2.24) is 20.0 Å². The SMILES string of the molecule is CN(Cc1ccc(-n2cccn2)cc1)C(=O)[C@@H]1CSC(C)(C)C(=O)N1. The molecule has 1 aromatic carbocycles. The molecular weight excluding hydrogens is 336 g/mol. The molecular formula is C18H22N4O2S. The number of nitrogens with one attached hydrogen (secondary N) is 1. The largest absolute Gasteiger partial charge is 0.342 e. The predicted octanol–water partition coefficient (Wildman–Crippen LogP) is 1.84. The van der Waals surface area contributed by atoms with E-state index >= 15 is 0 Å². The quantitative estimate of drug-likeness (QED) is 0.906. The zero-order chi connectivity index (χ0) is 18.0. The summed E-state index contributed by atoms with van der Waals surface area (Å²) in [4.78, 5) is 26.3. The van der Waals surface area contributed by atoms with Gasteiger partial charge in [-0.2, -0.15) is 5.10 Å². The van der Waals surface area contributed by atoms with E-state index in [4.69, 9.17) is 0 Å². The van der Waals surface area contributed by atoms with E-state index in [0.717, 1.165) is 11.3 Å². The highest BCUT2D eigenvalue weighted by molar-refractivity contribution is 8.01. The highest BCUT2D eigenvalue weighted by Gasteiger charge is 2.38. The Balaban J connectivity index is 1.61. The maximum Gasteiger partial charge on any atom is 0.246 e. The highest BCUT2D eigenvalue weighted by atomic mass is 32.2. The number of carbonyl (C=O) groups excluding carboxylic acids is 2. The Morgan fingerprint density at radius 2 is 2.12 bits per heavy atom. The summed E-state index contributed by atoms with van der Waals surface area (Å²) >= 11 is 1.52. The van der Waals surface area contributed by atoms with Gasteiger partial charge in [0.25, 0.3) is 0 Å². The summed E-state index contributed by atoms with van der Waals surface area (Å²) in [6.07, 6.45) is 3.62. The molecule has 1 aliphatic rings. The van der Waals surface area contributed by atoms with Crippen molar-refractivity contribution in [2.24, 2.45) is 0 Å². The van der Waals surface area contributed by atoms with E-state index in [1.54, 1.807) is 22.8 Å². The molecule has 0 bridgehead atoms. The Labute approximate surface area is 151 Å². The standard InChI is InChI=1S/C18H22N4O2S/c1-18(2)17(24)20-15(12-25-18)16(23)21(3)11-13-5-7-14(8-6-13)22-10-4-9-19-22/h4-10,15H,11-12H2,1-3H3,(H,20,24)/t15-/m0/s1. The average molecular weight is 358 g/mol. The van der Waals surface area contributed by atoms with E-state index < -0.39 is 10.8 Å². The van der Waals surface area contributed by atoms with Crippen LogP contribution in [0.5, 0.6) is 0 Å². The number of aromatic nitrogens is 2. The lowest BCUT2D eigenvalue weighted by atomic mass is 10.1. The maximum atomic E-state index is 12.6. The van der Waals surface area contributed by atoms with E-state index in [2.05, 4.69) is 10.4 Å². The molecule has 0 saturated carbocycles. The van der Waals surface area contributed by atoms with Crippen molar-refractivity contribution in [1.29, 1.82) is 0 Å². The number of hydrogen-bond donors (Lipinski definition) is 1. The molecule has 1 aliphatic heterocycles. The Morgan fingerprint density at radius 1 is 1.40 bits per heavy atom. The van der Waals surface area contributed by atoms with Gasteiger partial charge in [0.15, 0.2) is 0 Å². The Kier molecular flexibility index (Phi) is 4.85. The molecule has 7 heteroatoms. The molecule has 2 aromatic rings. The summed E-state index contributed by atoms with van der Waals surface area (Å²) in [5.41, 5.74) is 2.00. The van der Waals surface area contributed by atoms with Crippen LogP contribution in [0.4, 0.5) is 0 Å². The van der Waals surface area contributed by atoms with Gasteiger partial charge in [0.05, 0.1) is 10.4 Å². The molecule has 1 fully saturated rings. The van der Waals surface area contributed by atoms with Crippen LogP contribution < -0.4 is 5.32 Å². The zero-order valence-corrected chi connectivity index (χ0v) is 15.4. The zero-order valence-electron chi connectivity index (χ0n) is 14.6. The minimum atomic E-state index is -0.475. The van der Waals surface area contributed by atoms with Crippen LogP contribution in [0.3, 0.4) is 0 Å². The van der Waals surface area contributed by atoms with Crippen molar-refractivity contribution in [3.8, 4) is 5.69 Å². The summed E-state index contributed by atoms with van der Waals surface area (Å²) in [5, 5.41) is 7.03. The second-order valence-corrected chi connectivity index (χ2v) is 8.30. The van der Waals surface area contributed by atoms with E-state index in [9.17, 15) is 9.59 Å². The third-order valence-electron chi connectivity index (χ3n) is 4.26. The van der Waals surface area contributed by atoms with Gasteiger partial charge in [-0.25, -0.2) is 4.68 Å². The monoisotopic (exact) mass is 358 g/mol. The van der Waals surface area contributed by atoms with Gasteiger partial charge in [-0.3, -0.25) is 9.59 Å². The number of rotatable bonds is 4. The van der Waals surface area contributed by atoms with E-state index in [-0.39, 0.29) is 11.8 Å². The second-order valence-electron chi connectivity index (χ2n) is 6.66. The Bertz CT molecular complexity index is 756. The van der Waals surface area contributed by atoms with Gasteiger partial charge in [-0.05, 0) is 37.6 Å². The number of likely N-dealkylation sites (N-methyl/N-ethyl adjacent to an activating group) is 1. The number of amides is 2. The summed E-state index contributed by atoms with van der Waals surface area (Å²) < 4.78 is 1.31. The molecule has 1 saturated heterocycles. The number of thioether (sulfide) groups is 1. The summed E-state index contributed by atoms with van der Waals surface area (Å²) in [6.45, 7) is 4.25. The van der Waals surface area contributed by atoms with Crippen molar-refractivity contribution in [2.75, 3.05) is 12.8 Å². The molecule has 1 atom stereocenters. The summed E-state index contributed by atoms with van der Waals surface area (Å²) in [5.74, 6) is 0.451. The highest BCUT2D eigenvalue weighted by Crippen LogP contribution is 2.29. The van der Waals surface area contributed by atoms with Gasteiger partial charge in [-0.15, -0.1) is 11.8 Å². The van der Waals surface area contributed by atoms with Gasteiger partial charge < -0.3 is 10.2 Å². The second kappa shape index (κ2) is 6.92. The minimum Gasteiger partial charge on any atom is -0.342 e. The first-order chi connectivity index (χ1) is 11.9. The van der Waals surface area contributed by atoms with Gasteiger partial charge in [0, 0.05) is 31.7 Å². The normalized spacial score (nSPS) is 19.3. The van der Waals surface area contributed by atoms with Gasteiger partial charge >= 0.3 is 0 Å². The molecule has 0 spiro atoms. The molecule has 1 aromatic heterocycles. The molecule has 1 N–H and O–H groups in total. The van der Waals surface area contributed by atoms with Crippen LogP contribution in [0.2, 0.25) is 0 Å². The number of benzene rings is 1. The first-order valence-electron chi connectivity index (χ1n) is 8.16. The topological polar surface area (TPSA) is 67.2 Å². The minimum absolute atomic E-state index is 0.0625.